The second-order valence-electron chi connectivity index (χ2n) is 7.75. The Kier molecular flexibility index (Phi) is 4.96. The van der Waals surface area contributed by atoms with Crippen molar-refractivity contribution in [1.82, 2.24) is 0 Å². The van der Waals surface area contributed by atoms with Gasteiger partial charge in [-0.25, -0.2) is 0 Å². The molecule has 0 saturated heterocycles. The van der Waals surface area contributed by atoms with Crippen LogP contribution in [-0.4, -0.2) is 11.5 Å². The number of aryl methyl sites for hydroxylation is 1. The lowest BCUT2D eigenvalue weighted by atomic mass is 9.66. The first-order valence-electron chi connectivity index (χ1n) is 9.97. The van der Waals surface area contributed by atoms with Gasteiger partial charge in [0.25, 0.3) is 0 Å². The van der Waals surface area contributed by atoms with Crippen LogP contribution in [0.25, 0.3) is 0 Å². The predicted molar refractivity (Wildman–Crippen MR) is 111 cm³/mol. The lowest BCUT2D eigenvalue weighted by Gasteiger charge is -2.37. The molecular formula is C25H24N2O. The van der Waals surface area contributed by atoms with Gasteiger partial charge >= 0.3 is 0 Å². The quantitative estimate of drug-likeness (QED) is 0.733. The molecular weight excluding hydrogens is 344 g/mol. The summed E-state index contributed by atoms with van der Waals surface area (Å²) in [6.07, 6.45) is 2.26. The zero-order valence-corrected chi connectivity index (χ0v) is 16.4. The average Bonchev–Trinajstić information content (AvgIpc) is 2.73. The van der Waals surface area contributed by atoms with E-state index in [0.29, 0.717) is 12.0 Å². The largest absolute Gasteiger partial charge is 0.299 e. The van der Waals surface area contributed by atoms with Crippen molar-refractivity contribution in [3.8, 4) is 6.07 Å². The molecule has 1 heterocycles. The smallest absolute Gasteiger partial charge is 0.143 e. The minimum Gasteiger partial charge on any atom is -0.299 e. The number of Topliss-reactive ketones (excluding diaryl/α,β-unsaturated/α-hetero) is 1. The number of carbonyl (C=O) groups excluding carboxylic acids is 1. The van der Waals surface area contributed by atoms with E-state index in [2.05, 4.69) is 49.4 Å². The topological polar surface area (TPSA) is 53.2 Å². The molecule has 140 valence electrons. The number of rotatable bonds is 3. The molecule has 0 bridgehead atoms. The summed E-state index contributed by atoms with van der Waals surface area (Å²) < 4.78 is 0. The van der Waals surface area contributed by atoms with Gasteiger partial charge in [-0.1, -0.05) is 61.5 Å². The molecule has 0 N–H and O–H groups in total. The number of hydrogen-bond donors (Lipinski definition) is 0. The van der Waals surface area contributed by atoms with Crippen molar-refractivity contribution in [2.24, 2.45) is 10.9 Å². The summed E-state index contributed by atoms with van der Waals surface area (Å²) in [5.74, 6) is -0.162. The highest BCUT2D eigenvalue weighted by molar-refractivity contribution is 6.10. The first-order valence-corrected chi connectivity index (χ1v) is 9.97. The summed E-state index contributed by atoms with van der Waals surface area (Å²) in [5, 5.41) is 9.81. The maximum Gasteiger partial charge on any atom is 0.143 e. The third-order valence-electron chi connectivity index (χ3n) is 6.09. The second-order valence-corrected chi connectivity index (χ2v) is 7.75. The van der Waals surface area contributed by atoms with E-state index in [1.807, 2.05) is 25.1 Å². The fraction of sp³-hybridized carbons (Fsp3) is 0.320. The molecule has 0 aromatic heterocycles. The van der Waals surface area contributed by atoms with Gasteiger partial charge in [-0.3, -0.25) is 9.79 Å². The van der Waals surface area contributed by atoms with Crippen LogP contribution >= 0.6 is 0 Å². The third-order valence-corrected chi connectivity index (χ3v) is 6.09. The molecule has 0 unspecified atom stereocenters. The van der Waals surface area contributed by atoms with Crippen LogP contribution in [0.15, 0.2) is 70.9 Å². The molecule has 1 aliphatic heterocycles. The highest BCUT2D eigenvalue weighted by Crippen LogP contribution is 2.45. The van der Waals surface area contributed by atoms with Gasteiger partial charge < -0.3 is 0 Å². The summed E-state index contributed by atoms with van der Waals surface area (Å²) in [4.78, 5) is 18.0. The molecule has 2 aromatic rings. The number of nitriles is 1. The number of hydrogen-bond acceptors (Lipinski definition) is 3. The molecule has 0 spiro atoms. The molecule has 28 heavy (non-hydrogen) atoms. The summed E-state index contributed by atoms with van der Waals surface area (Å²) in [6.45, 7) is 4.02. The number of benzene rings is 2. The minimum absolute atomic E-state index is 0.170. The Hall–Kier alpha value is -2.99. The van der Waals surface area contributed by atoms with Gasteiger partial charge in [0.2, 0.25) is 0 Å². The van der Waals surface area contributed by atoms with E-state index in [-0.39, 0.29) is 23.5 Å². The molecule has 3 heteroatoms. The van der Waals surface area contributed by atoms with Crippen molar-refractivity contribution in [2.75, 3.05) is 0 Å². The minimum atomic E-state index is -0.314. The van der Waals surface area contributed by atoms with Gasteiger partial charge in [0.15, 0.2) is 0 Å². The molecule has 2 aromatic carbocycles. The first kappa shape index (κ1) is 18.4. The lowest BCUT2D eigenvalue weighted by Crippen LogP contribution is -2.39. The van der Waals surface area contributed by atoms with Crippen LogP contribution in [0, 0.1) is 17.2 Å². The summed E-state index contributed by atoms with van der Waals surface area (Å²) in [5.41, 5.74) is 5.80. The number of carbonyl (C=O) groups is 1. The van der Waals surface area contributed by atoms with Gasteiger partial charge in [0.1, 0.15) is 5.78 Å². The van der Waals surface area contributed by atoms with Gasteiger partial charge in [-0.15, -0.1) is 0 Å². The van der Waals surface area contributed by atoms with Crippen LogP contribution < -0.4 is 0 Å². The van der Waals surface area contributed by atoms with Crippen molar-refractivity contribution in [3.05, 3.63) is 82.6 Å². The van der Waals surface area contributed by atoms with E-state index < -0.39 is 0 Å². The summed E-state index contributed by atoms with van der Waals surface area (Å²) in [7, 11) is 0. The Morgan fingerprint density at radius 3 is 2.36 bits per heavy atom. The number of allylic oxidation sites excluding steroid dienone is 2. The Bertz CT molecular complexity index is 993. The number of ketones is 1. The lowest BCUT2D eigenvalue weighted by molar-refractivity contribution is -0.122. The molecule has 1 saturated carbocycles. The molecule has 1 fully saturated rings. The fourth-order valence-electron chi connectivity index (χ4n) is 4.60. The van der Waals surface area contributed by atoms with E-state index in [1.165, 1.54) is 11.1 Å². The van der Waals surface area contributed by atoms with Gasteiger partial charge in [0.05, 0.1) is 23.3 Å². The molecule has 3 nitrogen and oxygen atoms in total. The standard InChI is InChI=1S/C25H24N2O/c1-3-17-9-11-19(12-10-17)24-21(15-26)16(2)27-22-13-20(14-23(28)25(22)24)18-7-5-4-6-8-18/h4-12,20,24-25H,3,13-14H2,1-2H3/t20-,24+,25+/m1/s1. The van der Waals surface area contributed by atoms with Crippen molar-refractivity contribution in [1.29, 1.82) is 5.26 Å². The Balaban J connectivity index is 1.74. The van der Waals surface area contributed by atoms with Crippen LogP contribution in [0.1, 0.15) is 55.2 Å². The maximum absolute atomic E-state index is 13.3. The Labute approximate surface area is 166 Å². The van der Waals surface area contributed by atoms with Gasteiger partial charge in [-0.2, -0.15) is 5.26 Å². The van der Waals surface area contributed by atoms with E-state index in [9.17, 15) is 10.1 Å². The zero-order valence-electron chi connectivity index (χ0n) is 16.4. The van der Waals surface area contributed by atoms with Crippen LogP contribution in [-0.2, 0) is 11.2 Å². The number of fused-ring (bicyclic) bond motifs is 1. The normalized spacial score (nSPS) is 24.4. The van der Waals surface area contributed by atoms with E-state index in [4.69, 9.17) is 4.99 Å². The molecule has 0 radical (unpaired) electrons. The van der Waals surface area contributed by atoms with E-state index in [0.717, 1.165) is 29.8 Å². The Morgan fingerprint density at radius 2 is 1.71 bits per heavy atom. The number of nitrogens with zero attached hydrogens (tertiary/aromatic N) is 2. The van der Waals surface area contributed by atoms with Crippen LogP contribution in [0.3, 0.4) is 0 Å². The van der Waals surface area contributed by atoms with Crippen molar-refractivity contribution < 1.29 is 4.79 Å². The van der Waals surface area contributed by atoms with Crippen LogP contribution in [0.2, 0.25) is 0 Å². The molecule has 3 atom stereocenters. The van der Waals surface area contributed by atoms with Crippen LogP contribution in [0.5, 0.6) is 0 Å². The van der Waals surface area contributed by atoms with Gasteiger partial charge in [-0.05, 0) is 42.4 Å². The van der Waals surface area contributed by atoms with Gasteiger partial charge in [0, 0.05) is 18.1 Å². The van der Waals surface area contributed by atoms with Crippen molar-refractivity contribution in [3.63, 3.8) is 0 Å². The average molecular weight is 368 g/mol. The predicted octanol–water partition coefficient (Wildman–Crippen LogP) is 5.35. The van der Waals surface area contributed by atoms with E-state index >= 15 is 0 Å². The second kappa shape index (κ2) is 7.56. The van der Waals surface area contributed by atoms with Crippen molar-refractivity contribution in [2.45, 2.75) is 44.9 Å². The SMILES string of the molecule is CCc1ccc([C@H]2C(C#N)=C(C)N=C3C[C@@H](c4ccccc4)CC(=O)[C@H]32)cc1. The fourth-order valence-corrected chi connectivity index (χ4v) is 4.60. The highest BCUT2D eigenvalue weighted by atomic mass is 16.1. The highest BCUT2D eigenvalue weighted by Gasteiger charge is 2.44. The molecule has 4 rings (SSSR count). The monoisotopic (exact) mass is 368 g/mol. The molecule has 2 aliphatic rings. The summed E-state index contributed by atoms with van der Waals surface area (Å²) in [6, 6.07) is 20.9. The Morgan fingerprint density at radius 1 is 1.00 bits per heavy atom. The van der Waals surface area contributed by atoms with E-state index in [1.54, 1.807) is 0 Å². The summed E-state index contributed by atoms with van der Waals surface area (Å²) >= 11 is 0. The number of aliphatic imine (C=N–C) groups is 1. The van der Waals surface area contributed by atoms with Crippen LogP contribution in [0.4, 0.5) is 0 Å². The molecule has 0 amide bonds. The molecule has 1 aliphatic carbocycles. The maximum atomic E-state index is 13.3. The third kappa shape index (κ3) is 3.20. The first-order chi connectivity index (χ1) is 13.6. The zero-order chi connectivity index (χ0) is 19.7. The van der Waals surface area contributed by atoms with Crippen molar-refractivity contribution >= 4 is 11.5 Å².